The van der Waals surface area contributed by atoms with Crippen LogP contribution in [0.1, 0.15) is 35.1 Å². The highest BCUT2D eigenvalue weighted by Gasteiger charge is 2.30. The van der Waals surface area contributed by atoms with E-state index < -0.39 is 10.0 Å². The van der Waals surface area contributed by atoms with Crippen LogP contribution in [0.3, 0.4) is 0 Å². The summed E-state index contributed by atoms with van der Waals surface area (Å²) in [4.78, 5) is 12.1. The van der Waals surface area contributed by atoms with Gasteiger partial charge in [0, 0.05) is 43.9 Å². The molecule has 0 saturated carbocycles. The number of nitrogens with zero attached hydrogens (tertiary/aromatic N) is 4. The van der Waals surface area contributed by atoms with Crippen LogP contribution in [0.4, 0.5) is 5.82 Å². The molecule has 2 heterocycles. The summed E-state index contributed by atoms with van der Waals surface area (Å²) >= 11 is 0. The number of rotatable bonds is 6. The van der Waals surface area contributed by atoms with E-state index in [9.17, 15) is 8.42 Å². The van der Waals surface area contributed by atoms with E-state index in [1.54, 1.807) is 16.4 Å². The van der Waals surface area contributed by atoms with Crippen LogP contribution in [-0.4, -0.2) is 48.9 Å². The maximum Gasteiger partial charge on any atom is 0.243 e. The second-order valence-corrected chi connectivity index (χ2v) is 10.2. The lowest BCUT2D eigenvalue weighted by atomic mass is 10.0. The Kier molecular flexibility index (Phi) is 6.58. The van der Waals surface area contributed by atoms with E-state index in [1.807, 2.05) is 44.2 Å². The van der Waals surface area contributed by atoms with Crippen LogP contribution in [-0.2, 0) is 22.9 Å². The zero-order valence-electron chi connectivity index (χ0n) is 19.0. The van der Waals surface area contributed by atoms with Crippen molar-refractivity contribution in [2.75, 3.05) is 31.1 Å². The molecule has 1 fully saturated rings. The van der Waals surface area contributed by atoms with Gasteiger partial charge in [0.05, 0.1) is 4.90 Å². The van der Waals surface area contributed by atoms with E-state index in [2.05, 4.69) is 24.0 Å². The van der Waals surface area contributed by atoms with Crippen LogP contribution in [0, 0.1) is 13.8 Å². The average Bonchev–Trinajstić information content (AvgIpc) is 2.81. The number of sulfonamides is 1. The van der Waals surface area contributed by atoms with E-state index in [0.717, 1.165) is 41.3 Å². The molecule has 0 amide bonds. The van der Waals surface area contributed by atoms with Gasteiger partial charge in [0.1, 0.15) is 11.6 Å². The summed E-state index contributed by atoms with van der Waals surface area (Å²) in [5.41, 5.74) is 4.47. The van der Waals surface area contributed by atoms with Crippen LogP contribution >= 0.6 is 0 Å². The molecule has 0 bridgehead atoms. The predicted molar refractivity (Wildman–Crippen MR) is 128 cm³/mol. The normalized spacial score (nSPS) is 15.2. The highest BCUT2D eigenvalue weighted by molar-refractivity contribution is 7.89. The molecule has 0 aliphatic carbocycles. The second kappa shape index (κ2) is 9.38. The Morgan fingerprint density at radius 1 is 0.875 bits per heavy atom. The number of piperazine rings is 1. The van der Waals surface area contributed by atoms with Gasteiger partial charge < -0.3 is 4.90 Å². The number of aromatic nitrogens is 2. The summed E-state index contributed by atoms with van der Waals surface area (Å²) in [7, 11) is -3.49. The molecule has 0 N–H and O–H groups in total. The quantitative estimate of drug-likeness (QED) is 0.572. The largest absolute Gasteiger partial charge is 0.354 e. The standard InChI is InChI=1S/C25H30N4O2S/c1-4-24-23(18-21-8-6-5-7-9-21)25(27-20(3)26-24)28-14-16-29(17-15-28)32(30,31)22-12-10-19(2)11-13-22/h5-13H,4,14-18H2,1-3H3. The third-order valence-electron chi connectivity index (χ3n) is 5.94. The second-order valence-electron chi connectivity index (χ2n) is 8.24. The summed E-state index contributed by atoms with van der Waals surface area (Å²) in [5, 5.41) is 0. The Morgan fingerprint density at radius 2 is 1.53 bits per heavy atom. The maximum atomic E-state index is 13.1. The van der Waals surface area contributed by atoms with Crippen LogP contribution in [0.2, 0.25) is 0 Å². The lowest BCUT2D eigenvalue weighted by Gasteiger charge is -2.36. The molecule has 2 aromatic carbocycles. The van der Waals surface area contributed by atoms with Crippen molar-refractivity contribution in [1.82, 2.24) is 14.3 Å². The molecule has 6 nitrogen and oxygen atoms in total. The van der Waals surface area contributed by atoms with E-state index in [1.165, 1.54) is 5.56 Å². The number of aryl methyl sites for hydroxylation is 3. The molecule has 3 aromatic rings. The fourth-order valence-electron chi connectivity index (χ4n) is 4.17. The SMILES string of the molecule is CCc1nc(C)nc(N2CCN(S(=O)(=O)c3ccc(C)cc3)CC2)c1Cc1ccccc1. The molecule has 1 aromatic heterocycles. The van der Waals surface area contributed by atoms with Gasteiger partial charge in [-0.25, -0.2) is 18.4 Å². The van der Waals surface area contributed by atoms with Gasteiger partial charge in [-0.05, 0) is 38.0 Å². The van der Waals surface area contributed by atoms with Crippen molar-refractivity contribution < 1.29 is 8.42 Å². The summed E-state index contributed by atoms with van der Waals surface area (Å²) in [6.07, 6.45) is 1.60. The van der Waals surface area contributed by atoms with Gasteiger partial charge in [-0.1, -0.05) is 55.0 Å². The van der Waals surface area contributed by atoms with E-state index in [0.29, 0.717) is 31.1 Å². The van der Waals surface area contributed by atoms with Gasteiger partial charge in [0.25, 0.3) is 0 Å². The third kappa shape index (κ3) is 4.69. The Bertz CT molecular complexity index is 1170. The molecule has 4 rings (SSSR count). The fraction of sp³-hybridized carbons (Fsp3) is 0.360. The molecule has 168 valence electrons. The van der Waals surface area contributed by atoms with Crippen LogP contribution in [0.15, 0.2) is 59.5 Å². The number of benzene rings is 2. The molecule has 0 spiro atoms. The third-order valence-corrected chi connectivity index (χ3v) is 7.85. The highest BCUT2D eigenvalue weighted by atomic mass is 32.2. The Hall–Kier alpha value is -2.77. The van der Waals surface area contributed by atoms with Gasteiger partial charge in [-0.3, -0.25) is 0 Å². The van der Waals surface area contributed by atoms with Crippen molar-refractivity contribution in [2.45, 2.75) is 38.5 Å². The van der Waals surface area contributed by atoms with Gasteiger partial charge in [0.2, 0.25) is 10.0 Å². The van der Waals surface area contributed by atoms with Crippen LogP contribution in [0.5, 0.6) is 0 Å². The minimum atomic E-state index is -3.49. The summed E-state index contributed by atoms with van der Waals surface area (Å²) in [5.74, 6) is 1.69. The zero-order chi connectivity index (χ0) is 22.7. The minimum Gasteiger partial charge on any atom is -0.354 e. The van der Waals surface area contributed by atoms with E-state index >= 15 is 0 Å². The molecule has 1 saturated heterocycles. The molecule has 0 atom stereocenters. The van der Waals surface area contributed by atoms with Crippen LogP contribution < -0.4 is 4.90 Å². The van der Waals surface area contributed by atoms with E-state index in [4.69, 9.17) is 9.97 Å². The maximum absolute atomic E-state index is 13.1. The molecular formula is C25H30N4O2S. The number of hydrogen-bond acceptors (Lipinski definition) is 5. The Balaban J connectivity index is 1.58. The molecule has 7 heteroatoms. The fourth-order valence-corrected chi connectivity index (χ4v) is 5.59. The predicted octanol–water partition coefficient (Wildman–Crippen LogP) is 3.76. The van der Waals surface area contributed by atoms with Crippen molar-refractivity contribution in [3.8, 4) is 0 Å². The minimum absolute atomic E-state index is 0.354. The van der Waals surface area contributed by atoms with Crippen molar-refractivity contribution in [2.24, 2.45) is 0 Å². The number of anilines is 1. The van der Waals surface area contributed by atoms with Crippen molar-refractivity contribution >= 4 is 15.8 Å². The smallest absolute Gasteiger partial charge is 0.243 e. The number of hydrogen-bond donors (Lipinski definition) is 0. The van der Waals surface area contributed by atoms with E-state index in [-0.39, 0.29) is 0 Å². The Morgan fingerprint density at radius 3 is 2.16 bits per heavy atom. The first-order valence-corrected chi connectivity index (χ1v) is 12.5. The van der Waals surface area contributed by atoms with Crippen molar-refractivity contribution in [1.29, 1.82) is 0 Å². The average molecular weight is 451 g/mol. The lowest BCUT2D eigenvalue weighted by molar-refractivity contribution is 0.383. The first kappa shape index (κ1) is 22.4. The summed E-state index contributed by atoms with van der Waals surface area (Å²) in [6, 6.07) is 17.4. The van der Waals surface area contributed by atoms with Gasteiger partial charge in [-0.15, -0.1) is 0 Å². The summed E-state index contributed by atoms with van der Waals surface area (Å²) < 4.78 is 27.8. The molecule has 1 aliphatic rings. The first-order valence-electron chi connectivity index (χ1n) is 11.1. The molecular weight excluding hydrogens is 420 g/mol. The topological polar surface area (TPSA) is 66.4 Å². The molecule has 1 aliphatic heterocycles. The van der Waals surface area contributed by atoms with Crippen LogP contribution in [0.25, 0.3) is 0 Å². The lowest BCUT2D eigenvalue weighted by Crippen LogP contribution is -2.49. The molecule has 0 unspecified atom stereocenters. The van der Waals surface area contributed by atoms with Gasteiger partial charge in [0.15, 0.2) is 0 Å². The molecule has 0 radical (unpaired) electrons. The zero-order valence-corrected chi connectivity index (χ0v) is 19.8. The molecule has 32 heavy (non-hydrogen) atoms. The Labute approximate surface area is 191 Å². The van der Waals surface area contributed by atoms with Crippen molar-refractivity contribution in [3.05, 3.63) is 82.8 Å². The summed E-state index contributed by atoms with van der Waals surface area (Å²) in [6.45, 7) is 8.08. The van der Waals surface area contributed by atoms with Crippen molar-refractivity contribution in [3.63, 3.8) is 0 Å². The monoisotopic (exact) mass is 450 g/mol. The van der Waals surface area contributed by atoms with Gasteiger partial charge in [-0.2, -0.15) is 4.31 Å². The highest BCUT2D eigenvalue weighted by Crippen LogP contribution is 2.27. The first-order chi connectivity index (χ1) is 15.4. The van der Waals surface area contributed by atoms with Gasteiger partial charge >= 0.3 is 0 Å².